The summed E-state index contributed by atoms with van der Waals surface area (Å²) in [7, 11) is 0. The number of aryl methyl sites for hydroxylation is 1. The molecule has 0 aliphatic carbocycles. The van der Waals surface area contributed by atoms with Gasteiger partial charge in [-0.25, -0.2) is 9.97 Å². The fourth-order valence-electron chi connectivity index (χ4n) is 1.96. The Labute approximate surface area is 132 Å². The largest absolute Gasteiger partial charge is 0.383 e. The molecule has 1 heterocycles. The molecule has 0 atom stereocenters. The van der Waals surface area contributed by atoms with Gasteiger partial charge >= 0.3 is 0 Å². The molecule has 1 aromatic carbocycles. The Morgan fingerprint density at radius 3 is 2.40 bits per heavy atom. The van der Waals surface area contributed by atoms with E-state index in [-0.39, 0.29) is 5.41 Å². The van der Waals surface area contributed by atoms with Gasteiger partial charge in [-0.3, -0.25) is 0 Å². The summed E-state index contributed by atoms with van der Waals surface area (Å²) >= 11 is 9.47. The Morgan fingerprint density at radius 2 is 1.85 bits per heavy atom. The van der Waals surface area contributed by atoms with E-state index in [9.17, 15) is 0 Å². The number of benzene rings is 1. The minimum atomic E-state index is -0.120. The monoisotopic (exact) mass is 353 g/mol. The van der Waals surface area contributed by atoms with Gasteiger partial charge in [0.1, 0.15) is 5.82 Å². The van der Waals surface area contributed by atoms with Crippen LogP contribution in [0.4, 0.5) is 5.82 Å². The number of hydrogen-bond donors (Lipinski definition) is 1. The molecule has 0 spiro atoms. The Kier molecular flexibility index (Phi) is 4.07. The third-order valence-electron chi connectivity index (χ3n) is 3.02. The van der Waals surface area contributed by atoms with Crippen LogP contribution in [0.3, 0.4) is 0 Å². The molecule has 0 bridgehead atoms. The van der Waals surface area contributed by atoms with E-state index in [4.69, 9.17) is 17.3 Å². The molecule has 0 unspecified atom stereocenters. The highest BCUT2D eigenvalue weighted by Gasteiger charge is 2.23. The van der Waals surface area contributed by atoms with Crippen molar-refractivity contribution >= 4 is 33.3 Å². The summed E-state index contributed by atoms with van der Waals surface area (Å²) in [6.07, 6.45) is 0. The number of hydrogen-bond acceptors (Lipinski definition) is 3. The molecule has 5 heteroatoms. The minimum absolute atomic E-state index is 0.120. The third-order valence-corrected chi connectivity index (χ3v) is 4.03. The van der Waals surface area contributed by atoms with Crippen LogP contribution >= 0.6 is 27.5 Å². The molecular weight excluding hydrogens is 338 g/mol. The van der Waals surface area contributed by atoms with Crippen LogP contribution in [0.5, 0.6) is 0 Å². The van der Waals surface area contributed by atoms with Crippen molar-refractivity contribution in [2.45, 2.75) is 33.1 Å². The van der Waals surface area contributed by atoms with E-state index in [1.165, 1.54) is 0 Å². The van der Waals surface area contributed by atoms with Gasteiger partial charge < -0.3 is 5.73 Å². The first-order valence-corrected chi connectivity index (χ1v) is 7.47. The molecule has 0 amide bonds. The predicted molar refractivity (Wildman–Crippen MR) is 88.0 cm³/mol. The normalized spacial score (nSPS) is 11.7. The maximum absolute atomic E-state index is 6.01. The number of anilines is 1. The zero-order chi connectivity index (χ0) is 15.1. The molecule has 0 saturated carbocycles. The maximum Gasteiger partial charge on any atom is 0.162 e. The van der Waals surface area contributed by atoms with E-state index in [0.717, 1.165) is 21.3 Å². The Bertz CT molecular complexity index is 663. The number of nitrogens with zero attached hydrogens (tertiary/aromatic N) is 2. The standard InChI is InChI=1S/C15H17BrClN3/c1-8-7-9(17)5-6-10(8)14-19-12(15(2,3)4)11(16)13(18)20-14/h5-7H,1-4H3,(H2,18,19,20). The highest BCUT2D eigenvalue weighted by atomic mass is 79.9. The first-order valence-electron chi connectivity index (χ1n) is 6.30. The number of nitrogens with two attached hydrogens (primary N) is 1. The first-order chi connectivity index (χ1) is 9.20. The molecule has 2 rings (SSSR count). The van der Waals surface area contributed by atoms with Crippen molar-refractivity contribution in [1.82, 2.24) is 9.97 Å². The van der Waals surface area contributed by atoms with Crippen LogP contribution in [-0.4, -0.2) is 9.97 Å². The average Bonchev–Trinajstić information content (AvgIpc) is 2.31. The Balaban J connectivity index is 2.67. The van der Waals surface area contributed by atoms with Gasteiger partial charge in [0.25, 0.3) is 0 Å². The summed E-state index contributed by atoms with van der Waals surface area (Å²) < 4.78 is 0.764. The fraction of sp³-hybridized carbons (Fsp3) is 0.333. The van der Waals surface area contributed by atoms with Crippen LogP contribution in [0, 0.1) is 6.92 Å². The van der Waals surface area contributed by atoms with Gasteiger partial charge in [-0.15, -0.1) is 0 Å². The second-order valence-corrected chi connectivity index (χ2v) is 7.03. The zero-order valence-electron chi connectivity index (χ0n) is 12.0. The van der Waals surface area contributed by atoms with E-state index in [1.807, 2.05) is 25.1 Å². The second kappa shape index (κ2) is 5.34. The topological polar surface area (TPSA) is 51.8 Å². The molecule has 106 valence electrons. The molecule has 2 aromatic rings. The zero-order valence-corrected chi connectivity index (χ0v) is 14.3. The minimum Gasteiger partial charge on any atom is -0.383 e. The molecule has 1 aromatic heterocycles. The third kappa shape index (κ3) is 2.96. The molecule has 0 saturated heterocycles. The summed E-state index contributed by atoms with van der Waals surface area (Å²) in [6.45, 7) is 8.27. The molecule has 0 radical (unpaired) electrons. The predicted octanol–water partition coefficient (Wildman–Crippen LogP) is 4.75. The number of rotatable bonds is 1. The summed E-state index contributed by atoms with van der Waals surface area (Å²) in [5.74, 6) is 1.08. The molecule has 0 aliphatic rings. The van der Waals surface area contributed by atoms with E-state index in [0.29, 0.717) is 16.7 Å². The SMILES string of the molecule is Cc1cc(Cl)ccc1-c1nc(N)c(Br)c(C(C)(C)C)n1. The van der Waals surface area contributed by atoms with Gasteiger partial charge in [-0.2, -0.15) is 0 Å². The Morgan fingerprint density at radius 1 is 1.20 bits per heavy atom. The number of nitrogen functional groups attached to an aromatic ring is 1. The van der Waals surface area contributed by atoms with Crippen molar-refractivity contribution in [3.8, 4) is 11.4 Å². The van der Waals surface area contributed by atoms with Gasteiger partial charge in [0.15, 0.2) is 5.82 Å². The molecule has 3 nitrogen and oxygen atoms in total. The fourth-order valence-corrected chi connectivity index (χ4v) is 2.96. The van der Waals surface area contributed by atoms with E-state index >= 15 is 0 Å². The van der Waals surface area contributed by atoms with Crippen molar-refractivity contribution in [1.29, 1.82) is 0 Å². The van der Waals surface area contributed by atoms with Gasteiger partial charge in [-0.1, -0.05) is 32.4 Å². The second-order valence-electron chi connectivity index (χ2n) is 5.80. The molecule has 0 aliphatic heterocycles. The van der Waals surface area contributed by atoms with Crippen LogP contribution in [0.1, 0.15) is 32.0 Å². The summed E-state index contributed by atoms with van der Waals surface area (Å²) in [6, 6.07) is 5.66. The highest BCUT2D eigenvalue weighted by Crippen LogP contribution is 2.34. The molecular formula is C15H17BrClN3. The average molecular weight is 355 g/mol. The number of aromatic nitrogens is 2. The van der Waals surface area contributed by atoms with E-state index in [2.05, 4.69) is 46.7 Å². The Hall–Kier alpha value is -1.13. The van der Waals surface area contributed by atoms with Crippen molar-refractivity contribution in [2.24, 2.45) is 0 Å². The number of halogens is 2. The van der Waals surface area contributed by atoms with Crippen molar-refractivity contribution < 1.29 is 0 Å². The van der Waals surface area contributed by atoms with Crippen molar-refractivity contribution in [2.75, 3.05) is 5.73 Å². The van der Waals surface area contributed by atoms with Crippen LogP contribution in [0.2, 0.25) is 5.02 Å². The van der Waals surface area contributed by atoms with Crippen molar-refractivity contribution in [3.63, 3.8) is 0 Å². The van der Waals surface area contributed by atoms with Gasteiger partial charge in [-0.05, 0) is 46.6 Å². The lowest BCUT2D eigenvalue weighted by atomic mass is 9.91. The first kappa shape index (κ1) is 15.3. The lowest BCUT2D eigenvalue weighted by Crippen LogP contribution is -2.17. The van der Waals surface area contributed by atoms with Crippen LogP contribution in [-0.2, 0) is 5.41 Å². The van der Waals surface area contributed by atoms with Gasteiger partial charge in [0, 0.05) is 16.0 Å². The summed E-state index contributed by atoms with van der Waals surface area (Å²) in [4.78, 5) is 9.07. The lowest BCUT2D eigenvalue weighted by Gasteiger charge is -2.21. The molecule has 20 heavy (non-hydrogen) atoms. The van der Waals surface area contributed by atoms with E-state index in [1.54, 1.807) is 0 Å². The lowest BCUT2D eigenvalue weighted by molar-refractivity contribution is 0.564. The smallest absolute Gasteiger partial charge is 0.162 e. The van der Waals surface area contributed by atoms with E-state index < -0.39 is 0 Å². The van der Waals surface area contributed by atoms with Gasteiger partial charge in [0.05, 0.1) is 10.2 Å². The molecule has 2 N–H and O–H groups in total. The van der Waals surface area contributed by atoms with Gasteiger partial charge in [0.2, 0.25) is 0 Å². The quantitative estimate of drug-likeness (QED) is 0.804. The van der Waals surface area contributed by atoms with Crippen LogP contribution in [0.25, 0.3) is 11.4 Å². The highest BCUT2D eigenvalue weighted by molar-refractivity contribution is 9.10. The van der Waals surface area contributed by atoms with Crippen LogP contribution < -0.4 is 5.73 Å². The summed E-state index contributed by atoms with van der Waals surface area (Å²) in [5, 5.41) is 0.701. The molecule has 0 fully saturated rings. The summed E-state index contributed by atoms with van der Waals surface area (Å²) in [5.41, 5.74) is 8.76. The maximum atomic E-state index is 6.01. The van der Waals surface area contributed by atoms with Crippen LogP contribution in [0.15, 0.2) is 22.7 Å². The van der Waals surface area contributed by atoms with Crippen molar-refractivity contribution in [3.05, 3.63) is 39.0 Å².